The van der Waals surface area contributed by atoms with Crippen molar-refractivity contribution in [1.82, 2.24) is 0 Å². The molecule has 0 saturated carbocycles. The second kappa shape index (κ2) is 10.5. The van der Waals surface area contributed by atoms with Crippen LogP contribution in [0, 0.1) is 0 Å². The van der Waals surface area contributed by atoms with Gasteiger partial charge >= 0.3 is 0 Å². The molecule has 126 valence electrons. The van der Waals surface area contributed by atoms with Gasteiger partial charge in [-0.2, -0.15) is 0 Å². The molecule has 21 heavy (non-hydrogen) atoms. The fourth-order valence-corrected chi connectivity index (χ4v) is 2.46. The van der Waals surface area contributed by atoms with Crippen molar-refractivity contribution < 1.29 is 19.3 Å². The van der Waals surface area contributed by atoms with E-state index >= 15 is 0 Å². The van der Waals surface area contributed by atoms with Crippen LogP contribution in [-0.2, 0) is 14.2 Å². The summed E-state index contributed by atoms with van der Waals surface area (Å²) in [6.45, 7) is 7.33. The number of rotatable bonds is 10. The van der Waals surface area contributed by atoms with Gasteiger partial charge in [0.05, 0.1) is 13.2 Å². The quantitative estimate of drug-likeness (QED) is 0.626. The van der Waals surface area contributed by atoms with Crippen LogP contribution in [0.4, 0.5) is 0 Å². The average Bonchev–Trinajstić information content (AvgIpc) is 2.58. The third kappa shape index (κ3) is 8.77. The molecule has 1 aliphatic rings. The lowest BCUT2D eigenvalue weighted by Gasteiger charge is -2.22. The van der Waals surface area contributed by atoms with Gasteiger partial charge < -0.3 is 19.3 Å². The predicted octanol–water partition coefficient (Wildman–Crippen LogP) is 3.66. The maximum Gasteiger partial charge on any atom is 0.163 e. The smallest absolute Gasteiger partial charge is 0.163 e. The summed E-state index contributed by atoms with van der Waals surface area (Å²) in [5, 5.41) is 9.97. The molecule has 0 aliphatic carbocycles. The van der Waals surface area contributed by atoms with Crippen molar-refractivity contribution in [2.75, 3.05) is 19.8 Å². The van der Waals surface area contributed by atoms with Crippen LogP contribution in [0.5, 0.6) is 0 Å². The Bertz CT molecular complexity index is 255. The second-order valence-electron chi connectivity index (χ2n) is 6.47. The molecule has 1 aliphatic heterocycles. The highest BCUT2D eigenvalue weighted by Gasteiger charge is 2.31. The molecule has 2 unspecified atom stereocenters. The Morgan fingerprint density at radius 3 is 2.19 bits per heavy atom. The molecule has 0 aromatic carbocycles. The molecule has 1 saturated heterocycles. The van der Waals surface area contributed by atoms with E-state index in [0.29, 0.717) is 13.2 Å². The van der Waals surface area contributed by atoms with Gasteiger partial charge in [0.15, 0.2) is 5.79 Å². The molecular formula is C17H34O4. The molecule has 0 radical (unpaired) electrons. The molecule has 1 rings (SSSR count). The van der Waals surface area contributed by atoms with Crippen LogP contribution in [-0.4, -0.2) is 42.9 Å². The summed E-state index contributed by atoms with van der Waals surface area (Å²) in [5.74, 6) is -0.627. The average molecular weight is 302 g/mol. The molecule has 4 nitrogen and oxygen atoms in total. The van der Waals surface area contributed by atoms with Gasteiger partial charge in [0, 0.05) is 6.61 Å². The fourth-order valence-electron chi connectivity index (χ4n) is 2.46. The first-order valence-corrected chi connectivity index (χ1v) is 8.63. The summed E-state index contributed by atoms with van der Waals surface area (Å²) in [7, 11) is 0. The molecule has 0 amide bonds. The van der Waals surface area contributed by atoms with Crippen LogP contribution in [0.3, 0.4) is 0 Å². The molecule has 2 atom stereocenters. The van der Waals surface area contributed by atoms with Gasteiger partial charge in [0.2, 0.25) is 0 Å². The molecule has 4 heteroatoms. The van der Waals surface area contributed by atoms with Gasteiger partial charge in [0.25, 0.3) is 0 Å². The number of hydrogen-bond donors (Lipinski definition) is 1. The Balaban J connectivity index is 2.01. The molecule has 0 spiro atoms. The van der Waals surface area contributed by atoms with Crippen molar-refractivity contribution >= 4 is 0 Å². The van der Waals surface area contributed by atoms with Crippen molar-refractivity contribution in [3.05, 3.63) is 0 Å². The van der Waals surface area contributed by atoms with E-state index in [0.717, 1.165) is 6.42 Å². The summed E-state index contributed by atoms with van der Waals surface area (Å²) in [6, 6.07) is 0. The van der Waals surface area contributed by atoms with E-state index in [4.69, 9.17) is 14.2 Å². The van der Waals surface area contributed by atoms with Crippen LogP contribution in [0.1, 0.15) is 72.1 Å². The lowest BCUT2D eigenvalue weighted by Crippen LogP contribution is -2.34. The van der Waals surface area contributed by atoms with E-state index in [2.05, 4.69) is 6.92 Å². The minimum atomic E-state index is -0.627. The highest BCUT2D eigenvalue weighted by Crippen LogP contribution is 2.19. The van der Waals surface area contributed by atoms with E-state index in [9.17, 15) is 5.11 Å². The Kier molecular flexibility index (Phi) is 9.49. The number of aliphatic hydroxyl groups is 1. The molecule has 0 aromatic rings. The van der Waals surface area contributed by atoms with Crippen molar-refractivity contribution in [2.24, 2.45) is 0 Å². The Morgan fingerprint density at radius 1 is 0.952 bits per heavy atom. The Morgan fingerprint density at radius 2 is 1.52 bits per heavy atom. The Labute approximate surface area is 130 Å². The first-order valence-electron chi connectivity index (χ1n) is 8.63. The van der Waals surface area contributed by atoms with Crippen LogP contribution < -0.4 is 0 Å². The summed E-state index contributed by atoms with van der Waals surface area (Å²) < 4.78 is 16.8. The SMILES string of the molecule is CCCCCCCCCCOC1COC(C)(C)OCC1O. The minimum absolute atomic E-state index is 0.267. The third-order valence-corrected chi connectivity index (χ3v) is 3.96. The van der Waals surface area contributed by atoms with E-state index in [1.807, 2.05) is 13.8 Å². The van der Waals surface area contributed by atoms with Gasteiger partial charge in [-0.25, -0.2) is 0 Å². The third-order valence-electron chi connectivity index (χ3n) is 3.96. The fraction of sp³-hybridized carbons (Fsp3) is 1.00. The summed E-state index contributed by atoms with van der Waals surface area (Å²) in [6.07, 6.45) is 9.41. The van der Waals surface area contributed by atoms with Crippen molar-refractivity contribution in [3.8, 4) is 0 Å². The van der Waals surface area contributed by atoms with Crippen molar-refractivity contribution in [1.29, 1.82) is 0 Å². The zero-order chi connectivity index (χ0) is 15.6. The van der Waals surface area contributed by atoms with Crippen LogP contribution in [0.25, 0.3) is 0 Å². The van der Waals surface area contributed by atoms with Crippen molar-refractivity contribution in [2.45, 2.75) is 90.1 Å². The maximum atomic E-state index is 9.97. The first kappa shape index (κ1) is 18.9. The molecule has 1 fully saturated rings. The van der Waals surface area contributed by atoms with E-state index < -0.39 is 11.9 Å². The maximum absolute atomic E-state index is 9.97. The highest BCUT2D eigenvalue weighted by atomic mass is 16.7. The van der Waals surface area contributed by atoms with Gasteiger partial charge in [-0.05, 0) is 20.3 Å². The summed E-state index contributed by atoms with van der Waals surface area (Å²) in [4.78, 5) is 0. The topological polar surface area (TPSA) is 47.9 Å². The van der Waals surface area contributed by atoms with Crippen LogP contribution in [0.15, 0.2) is 0 Å². The lowest BCUT2D eigenvalue weighted by atomic mass is 10.1. The molecule has 0 aromatic heterocycles. The zero-order valence-corrected chi connectivity index (χ0v) is 14.1. The first-order chi connectivity index (χ1) is 10.0. The van der Waals surface area contributed by atoms with Gasteiger partial charge in [-0.15, -0.1) is 0 Å². The minimum Gasteiger partial charge on any atom is -0.388 e. The van der Waals surface area contributed by atoms with Gasteiger partial charge in [-0.3, -0.25) is 0 Å². The number of ether oxygens (including phenoxy) is 3. The van der Waals surface area contributed by atoms with E-state index in [1.165, 1.54) is 44.9 Å². The van der Waals surface area contributed by atoms with Crippen LogP contribution >= 0.6 is 0 Å². The highest BCUT2D eigenvalue weighted by molar-refractivity contribution is 4.74. The zero-order valence-electron chi connectivity index (χ0n) is 14.1. The summed E-state index contributed by atoms with van der Waals surface area (Å²) >= 11 is 0. The standard InChI is InChI=1S/C17H34O4/c1-4-5-6-7-8-9-10-11-12-19-16-14-21-17(2,3)20-13-15(16)18/h15-16,18H,4-14H2,1-3H3. The van der Waals surface area contributed by atoms with E-state index in [-0.39, 0.29) is 12.7 Å². The predicted molar refractivity (Wildman–Crippen MR) is 84.3 cm³/mol. The van der Waals surface area contributed by atoms with Crippen molar-refractivity contribution in [3.63, 3.8) is 0 Å². The molecule has 1 heterocycles. The number of hydrogen-bond acceptors (Lipinski definition) is 4. The monoisotopic (exact) mass is 302 g/mol. The Hall–Kier alpha value is -0.160. The lowest BCUT2D eigenvalue weighted by molar-refractivity contribution is -0.206. The van der Waals surface area contributed by atoms with Gasteiger partial charge in [0.1, 0.15) is 12.2 Å². The largest absolute Gasteiger partial charge is 0.388 e. The molecular weight excluding hydrogens is 268 g/mol. The van der Waals surface area contributed by atoms with E-state index in [1.54, 1.807) is 0 Å². The normalized spacial score (nSPS) is 25.7. The number of unbranched alkanes of at least 4 members (excludes halogenated alkanes) is 7. The van der Waals surface area contributed by atoms with Gasteiger partial charge in [-0.1, -0.05) is 51.9 Å². The molecule has 0 bridgehead atoms. The second-order valence-corrected chi connectivity index (χ2v) is 6.47. The van der Waals surface area contributed by atoms with Crippen LogP contribution in [0.2, 0.25) is 0 Å². The molecule has 1 N–H and O–H groups in total. The number of aliphatic hydroxyl groups excluding tert-OH is 1. The summed E-state index contributed by atoms with van der Waals surface area (Å²) in [5.41, 5.74) is 0.